The average Bonchev–Trinajstić information content (AvgIpc) is 2.17. The van der Waals surface area contributed by atoms with Crippen molar-refractivity contribution in [2.75, 3.05) is 6.54 Å². The van der Waals surface area contributed by atoms with Gasteiger partial charge in [-0.1, -0.05) is 19.1 Å². The van der Waals surface area contributed by atoms with Crippen LogP contribution in [0, 0.1) is 0 Å². The van der Waals surface area contributed by atoms with Gasteiger partial charge in [0.1, 0.15) is 0 Å². The molecule has 88 valence electrons. The van der Waals surface area contributed by atoms with Crippen LogP contribution in [-0.4, -0.2) is 20.9 Å². The number of hydrogen-bond donors (Lipinski definition) is 2. The summed E-state index contributed by atoms with van der Waals surface area (Å²) in [5, 5.41) is 0. The second-order valence-corrected chi connectivity index (χ2v) is 5.06. The standard InChI is InChI=1S/C10H14N2O3S/c1-2-12-16(14,15)9-5-3-8(4-6-9)7-10(11)13/h3-6,12H,2,7H2,1H3,(H2,11,13). The quantitative estimate of drug-likeness (QED) is 0.762. The van der Waals surface area contributed by atoms with Gasteiger partial charge in [0.15, 0.2) is 0 Å². The molecular weight excluding hydrogens is 228 g/mol. The highest BCUT2D eigenvalue weighted by Gasteiger charge is 2.11. The second kappa shape index (κ2) is 5.09. The van der Waals surface area contributed by atoms with Crippen LogP contribution in [-0.2, 0) is 21.2 Å². The van der Waals surface area contributed by atoms with Crippen molar-refractivity contribution >= 4 is 15.9 Å². The van der Waals surface area contributed by atoms with Crippen molar-refractivity contribution < 1.29 is 13.2 Å². The number of hydrogen-bond acceptors (Lipinski definition) is 3. The maximum atomic E-state index is 11.6. The molecule has 1 aromatic rings. The maximum absolute atomic E-state index is 11.6. The lowest BCUT2D eigenvalue weighted by molar-refractivity contribution is -0.117. The molecule has 0 aliphatic carbocycles. The van der Waals surface area contributed by atoms with E-state index in [1.54, 1.807) is 19.1 Å². The van der Waals surface area contributed by atoms with Crippen molar-refractivity contribution in [2.45, 2.75) is 18.2 Å². The number of primary amides is 1. The molecule has 1 rings (SSSR count). The van der Waals surface area contributed by atoms with Gasteiger partial charge < -0.3 is 5.73 Å². The Labute approximate surface area is 94.7 Å². The first-order chi connectivity index (χ1) is 7.45. The third kappa shape index (κ3) is 3.32. The molecule has 0 atom stereocenters. The minimum Gasteiger partial charge on any atom is -0.369 e. The zero-order chi connectivity index (χ0) is 12.2. The molecule has 0 saturated heterocycles. The molecule has 0 saturated carbocycles. The van der Waals surface area contributed by atoms with Gasteiger partial charge in [-0.3, -0.25) is 4.79 Å². The van der Waals surface area contributed by atoms with Crippen LogP contribution in [0.2, 0.25) is 0 Å². The Hall–Kier alpha value is -1.40. The Morgan fingerprint density at radius 3 is 2.31 bits per heavy atom. The van der Waals surface area contributed by atoms with Crippen LogP contribution < -0.4 is 10.5 Å². The summed E-state index contributed by atoms with van der Waals surface area (Å²) in [5.74, 6) is -0.442. The lowest BCUT2D eigenvalue weighted by Gasteiger charge is -2.05. The first-order valence-electron chi connectivity index (χ1n) is 4.82. The molecule has 1 aromatic carbocycles. The highest BCUT2D eigenvalue weighted by molar-refractivity contribution is 7.89. The van der Waals surface area contributed by atoms with Crippen LogP contribution in [0.1, 0.15) is 12.5 Å². The summed E-state index contributed by atoms with van der Waals surface area (Å²) < 4.78 is 25.5. The molecular formula is C10H14N2O3S. The molecule has 1 amide bonds. The van der Waals surface area contributed by atoms with E-state index in [1.807, 2.05) is 0 Å². The molecule has 6 heteroatoms. The third-order valence-electron chi connectivity index (χ3n) is 1.95. The molecule has 0 unspecified atom stereocenters. The molecule has 0 bridgehead atoms. The number of nitrogens with two attached hydrogens (primary N) is 1. The smallest absolute Gasteiger partial charge is 0.240 e. The molecule has 0 heterocycles. The molecule has 0 aromatic heterocycles. The monoisotopic (exact) mass is 242 g/mol. The van der Waals surface area contributed by atoms with Gasteiger partial charge in [-0.25, -0.2) is 13.1 Å². The number of carbonyl (C=O) groups excluding carboxylic acids is 1. The summed E-state index contributed by atoms with van der Waals surface area (Å²) in [7, 11) is -3.42. The van der Waals surface area contributed by atoms with Gasteiger partial charge in [-0.15, -0.1) is 0 Å². The second-order valence-electron chi connectivity index (χ2n) is 3.29. The molecule has 16 heavy (non-hydrogen) atoms. The highest BCUT2D eigenvalue weighted by Crippen LogP contribution is 2.10. The summed E-state index contributed by atoms with van der Waals surface area (Å²) in [5.41, 5.74) is 5.72. The van der Waals surface area contributed by atoms with Gasteiger partial charge in [0.05, 0.1) is 11.3 Å². The maximum Gasteiger partial charge on any atom is 0.240 e. The minimum absolute atomic E-state index is 0.113. The van der Waals surface area contributed by atoms with E-state index in [0.29, 0.717) is 12.1 Å². The van der Waals surface area contributed by atoms with E-state index in [9.17, 15) is 13.2 Å². The largest absolute Gasteiger partial charge is 0.369 e. The topological polar surface area (TPSA) is 89.3 Å². The number of amides is 1. The lowest BCUT2D eigenvalue weighted by Crippen LogP contribution is -2.23. The van der Waals surface area contributed by atoms with Gasteiger partial charge >= 0.3 is 0 Å². The molecule has 3 N–H and O–H groups in total. The van der Waals surface area contributed by atoms with Crippen molar-refractivity contribution in [1.82, 2.24) is 4.72 Å². The fourth-order valence-corrected chi connectivity index (χ4v) is 2.30. The van der Waals surface area contributed by atoms with Crippen LogP contribution >= 0.6 is 0 Å². The zero-order valence-electron chi connectivity index (χ0n) is 8.93. The Morgan fingerprint density at radius 1 is 1.31 bits per heavy atom. The number of benzene rings is 1. The average molecular weight is 242 g/mol. The van der Waals surface area contributed by atoms with E-state index in [-0.39, 0.29) is 11.3 Å². The van der Waals surface area contributed by atoms with Crippen LogP contribution in [0.5, 0.6) is 0 Å². The van der Waals surface area contributed by atoms with E-state index in [4.69, 9.17) is 5.73 Å². The molecule has 0 spiro atoms. The van der Waals surface area contributed by atoms with Crippen LogP contribution in [0.3, 0.4) is 0 Å². The van der Waals surface area contributed by atoms with Crippen molar-refractivity contribution in [3.63, 3.8) is 0 Å². The van der Waals surface area contributed by atoms with E-state index in [2.05, 4.69) is 4.72 Å². The van der Waals surface area contributed by atoms with Gasteiger partial charge in [0.2, 0.25) is 15.9 Å². The molecule has 5 nitrogen and oxygen atoms in total. The molecule has 0 radical (unpaired) electrons. The SMILES string of the molecule is CCNS(=O)(=O)c1ccc(CC(N)=O)cc1. The number of nitrogens with one attached hydrogen (secondary N) is 1. The summed E-state index contributed by atoms with van der Waals surface area (Å²) in [6, 6.07) is 6.07. The Kier molecular flexibility index (Phi) is 4.03. The highest BCUT2D eigenvalue weighted by atomic mass is 32.2. The normalized spacial score (nSPS) is 11.3. The van der Waals surface area contributed by atoms with Crippen LogP contribution in [0.15, 0.2) is 29.2 Å². The number of sulfonamides is 1. The van der Waals surface area contributed by atoms with Gasteiger partial charge in [0.25, 0.3) is 0 Å². The zero-order valence-corrected chi connectivity index (χ0v) is 9.75. The van der Waals surface area contributed by atoms with Crippen LogP contribution in [0.25, 0.3) is 0 Å². The summed E-state index contributed by atoms with van der Waals surface area (Å²) in [6.45, 7) is 2.05. The van der Waals surface area contributed by atoms with E-state index in [0.717, 1.165) is 0 Å². The van der Waals surface area contributed by atoms with Gasteiger partial charge in [0, 0.05) is 6.54 Å². The Balaban J connectivity index is 2.91. The van der Waals surface area contributed by atoms with Crippen molar-refractivity contribution in [2.24, 2.45) is 5.73 Å². The fraction of sp³-hybridized carbons (Fsp3) is 0.300. The third-order valence-corrected chi connectivity index (χ3v) is 3.51. The number of carbonyl (C=O) groups is 1. The van der Waals surface area contributed by atoms with E-state index < -0.39 is 15.9 Å². The Bertz CT molecular complexity index is 465. The van der Waals surface area contributed by atoms with Crippen molar-refractivity contribution in [3.8, 4) is 0 Å². The minimum atomic E-state index is -3.42. The first kappa shape index (κ1) is 12.7. The summed E-state index contributed by atoms with van der Waals surface area (Å²) in [6.07, 6.45) is 0.113. The predicted octanol–water partition coefficient (Wildman–Crippen LogP) is 0.0126. The van der Waals surface area contributed by atoms with Gasteiger partial charge in [-0.05, 0) is 17.7 Å². The van der Waals surface area contributed by atoms with Crippen molar-refractivity contribution in [1.29, 1.82) is 0 Å². The van der Waals surface area contributed by atoms with Gasteiger partial charge in [-0.2, -0.15) is 0 Å². The molecule has 0 aliphatic heterocycles. The summed E-state index contributed by atoms with van der Waals surface area (Å²) >= 11 is 0. The van der Waals surface area contributed by atoms with E-state index in [1.165, 1.54) is 12.1 Å². The Morgan fingerprint density at radius 2 is 1.88 bits per heavy atom. The van der Waals surface area contributed by atoms with Crippen LogP contribution in [0.4, 0.5) is 0 Å². The first-order valence-corrected chi connectivity index (χ1v) is 6.31. The fourth-order valence-electron chi connectivity index (χ4n) is 1.26. The molecule has 0 aliphatic rings. The number of rotatable bonds is 5. The van der Waals surface area contributed by atoms with E-state index >= 15 is 0 Å². The predicted molar refractivity (Wildman–Crippen MR) is 60.2 cm³/mol. The van der Waals surface area contributed by atoms with Crippen molar-refractivity contribution in [3.05, 3.63) is 29.8 Å². The summed E-state index contributed by atoms with van der Waals surface area (Å²) in [4.78, 5) is 10.8. The molecule has 0 fully saturated rings. The lowest BCUT2D eigenvalue weighted by atomic mass is 10.1.